The molecule has 7 heteroatoms. The number of imidazole rings is 1. The number of anilines is 1. The van der Waals surface area contributed by atoms with Gasteiger partial charge in [0.15, 0.2) is 0 Å². The van der Waals surface area contributed by atoms with Gasteiger partial charge in [-0.3, -0.25) is 9.30 Å². The Labute approximate surface area is 198 Å². The number of nitrogens with zero attached hydrogens (tertiary/aromatic N) is 4. The summed E-state index contributed by atoms with van der Waals surface area (Å²) in [5.41, 5.74) is 6.72. The second kappa shape index (κ2) is 8.72. The zero-order valence-electron chi connectivity index (χ0n) is 19.4. The number of hydrogen-bond acceptors (Lipinski definition) is 5. The molecular formula is C27H28FN5O. The lowest BCUT2D eigenvalue weighted by Gasteiger charge is -2.15. The van der Waals surface area contributed by atoms with E-state index >= 15 is 0 Å². The predicted molar refractivity (Wildman–Crippen MR) is 131 cm³/mol. The number of fused-ring (bicyclic) bond motifs is 2. The summed E-state index contributed by atoms with van der Waals surface area (Å²) in [7, 11) is 0. The van der Waals surface area contributed by atoms with Gasteiger partial charge in [0.05, 0.1) is 12.3 Å². The van der Waals surface area contributed by atoms with Crippen LogP contribution in [-0.2, 0) is 19.5 Å². The zero-order valence-corrected chi connectivity index (χ0v) is 19.4. The second-order valence-corrected chi connectivity index (χ2v) is 9.21. The van der Waals surface area contributed by atoms with Gasteiger partial charge >= 0.3 is 0 Å². The van der Waals surface area contributed by atoms with Crippen LogP contribution < -0.4 is 10.1 Å². The second-order valence-electron chi connectivity index (χ2n) is 9.21. The molecular weight excluding hydrogens is 429 g/mol. The number of benzene rings is 2. The van der Waals surface area contributed by atoms with Crippen LogP contribution in [0, 0.1) is 12.7 Å². The first kappa shape index (κ1) is 21.1. The van der Waals surface area contributed by atoms with Crippen LogP contribution in [0.3, 0.4) is 0 Å². The van der Waals surface area contributed by atoms with Crippen LogP contribution in [-0.4, -0.2) is 39.0 Å². The van der Waals surface area contributed by atoms with E-state index in [4.69, 9.17) is 14.7 Å². The fourth-order valence-corrected chi connectivity index (χ4v) is 5.09. The van der Waals surface area contributed by atoms with Gasteiger partial charge < -0.3 is 10.1 Å². The first-order valence-electron chi connectivity index (χ1n) is 12.0. The van der Waals surface area contributed by atoms with E-state index in [0.717, 1.165) is 46.7 Å². The molecule has 2 aromatic heterocycles. The highest BCUT2D eigenvalue weighted by Crippen LogP contribution is 2.31. The van der Waals surface area contributed by atoms with Gasteiger partial charge in [0.1, 0.15) is 17.2 Å². The van der Waals surface area contributed by atoms with Crippen LogP contribution in [0.4, 0.5) is 10.3 Å². The molecule has 0 saturated carbocycles. The largest absolute Gasteiger partial charge is 0.493 e. The maximum atomic E-state index is 14.6. The van der Waals surface area contributed by atoms with E-state index in [-0.39, 0.29) is 5.82 Å². The average Bonchev–Trinajstić information content (AvgIpc) is 3.60. The lowest BCUT2D eigenvalue weighted by Crippen LogP contribution is -2.18. The van der Waals surface area contributed by atoms with E-state index in [1.54, 1.807) is 6.07 Å². The fraction of sp³-hybridized carbons (Fsp3) is 0.333. The van der Waals surface area contributed by atoms with Crippen molar-refractivity contribution in [2.24, 2.45) is 0 Å². The molecule has 0 unspecified atom stereocenters. The Balaban J connectivity index is 1.27. The molecule has 0 aliphatic carbocycles. The van der Waals surface area contributed by atoms with Crippen LogP contribution in [0.25, 0.3) is 16.8 Å². The summed E-state index contributed by atoms with van der Waals surface area (Å²) in [6, 6.07) is 11.9. The number of likely N-dealkylation sites (tertiary alicyclic amines) is 1. The minimum atomic E-state index is -0.222. The molecule has 0 amide bonds. The summed E-state index contributed by atoms with van der Waals surface area (Å²) in [5, 5.41) is 3.33. The smallest absolute Gasteiger partial charge is 0.208 e. The van der Waals surface area contributed by atoms with Crippen molar-refractivity contribution >= 4 is 11.6 Å². The summed E-state index contributed by atoms with van der Waals surface area (Å²) in [6.07, 6.45) is 7.14. The van der Waals surface area contributed by atoms with Crippen molar-refractivity contribution in [2.75, 3.05) is 25.0 Å². The number of hydrogen-bond donors (Lipinski definition) is 1. The van der Waals surface area contributed by atoms with Crippen molar-refractivity contribution in [3.63, 3.8) is 0 Å². The quantitative estimate of drug-likeness (QED) is 0.442. The molecule has 1 N–H and O–H groups in total. The highest BCUT2D eigenvalue weighted by Gasteiger charge is 2.20. The van der Waals surface area contributed by atoms with Gasteiger partial charge in [-0.05, 0) is 56.1 Å². The Morgan fingerprint density at radius 2 is 1.91 bits per heavy atom. The number of nitrogens with one attached hydrogen (secondary N) is 1. The molecule has 4 heterocycles. The van der Waals surface area contributed by atoms with Crippen molar-refractivity contribution in [1.82, 2.24) is 19.3 Å². The van der Waals surface area contributed by atoms with Crippen molar-refractivity contribution in [3.8, 4) is 16.9 Å². The van der Waals surface area contributed by atoms with Crippen LogP contribution in [0.2, 0.25) is 0 Å². The van der Waals surface area contributed by atoms with Crippen LogP contribution in [0.1, 0.15) is 35.2 Å². The fourth-order valence-electron chi connectivity index (χ4n) is 5.09. The molecule has 0 atom stereocenters. The molecule has 2 aromatic carbocycles. The summed E-state index contributed by atoms with van der Waals surface area (Å²) in [6.45, 7) is 6.29. The summed E-state index contributed by atoms with van der Waals surface area (Å²) in [4.78, 5) is 12.0. The third-order valence-electron chi connectivity index (χ3n) is 6.85. The van der Waals surface area contributed by atoms with Crippen molar-refractivity contribution in [1.29, 1.82) is 0 Å². The molecule has 4 aromatic rings. The van der Waals surface area contributed by atoms with E-state index in [0.29, 0.717) is 24.7 Å². The van der Waals surface area contributed by atoms with Crippen LogP contribution >= 0.6 is 0 Å². The Kier molecular flexibility index (Phi) is 5.41. The minimum absolute atomic E-state index is 0.222. The summed E-state index contributed by atoms with van der Waals surface area (Å²) in [5.74, 6) is 1.19. The SMILES string of the molecule is Cc1cn2c(NCc3c(F)ccc4c3CCO4)ncc(-c3ccc(CN4CCCC4)cc3)c2n1. The molecule has 34 heavy (non-hydrogen) atoms. The van der Waals surface area contributed by atoms with Crippen LogP contribution in [0.15, 0.2) is 48.8 Å². The van der Waals surface area contributed by atoms with Crippen molar-refractivity contribution in [3.05, 3.63) is 77.0 Å². The van der Waals surface area contributed by atoms with E-state index < -0.39 is 0 Å². The lowest BCUT2D eigenvalue weighted by atomic mass is 10.0. The molecule has 6 nitrogen and oxygen atoms in total. The molecule has 2 aliphatic rings. The van der Waals surface area contributed by atoms with Gasteiger partial charge in [-0.15, -0.1) is 0 Å². The number of aryl methyl sites for hydroxylation is 1. The minimum Gasteiger partial charge on any atom is -0.493 e. The van der Waals surface area contributed by atoms with Gasteiger partial charge in [0.25, 0.3) is 0 Å². The Bertz CT molecular complexity index is 1340. The molecule has 1 saturated heterocycles. The Morgan fingerprint density at radius 1 is 1.09 bits per heavy atom. The highest BCUT2D eigenvalue weighted by atomic mass is 19.1. The molecule has 0 spiro atoms. The third-order valence-corrected chi connectivity index (χ3v) is 6.85. The van der Waals surface area contributed by atoms with Crippen molar-refractivity contribution < 1.29 is 9.13 Å². The van der Waals surface area contributed by atoms with Crippen molar-refractivity contribution in [2.45, 2.75) is 39.3 Å². The lowest BCUT2D eigenvalue weighted by molar-refractivity contribution is 0.331. The molecule has 174 valence electrons. The van der Waals surface area contributed by atoms with E-state index in [9.17, 15) is 4.39 Å². The predicted octanol–water partition coefficient (Wildman–Crippen LogP) is 4.99. The molecule has 2 aliphatic heterocycles. The first-order chi connectivity index (χ1) is 16.7. The summed E-state index contributed by atoms with van der Waals surface area (Å²) >= 11 is 0. The van der Waals surface area contributed by atoms with E-state index in [1.165, 1.54) is 37.6 Å². The van der Waals surface area contributed by atoms with Gasteiger partial charge in [-0.25, -0.2) is 14.4 Å². The molecule has 1 fully saturated rings. The van der Waals surface area contributed by atoms with Gasteiger partial charge in [-0.1, -0.05) is 24.3 Å². The standard InChI is InChI=1S/C27H28FN5O/c1-18-16-33-26(31-18)22(20-6-4-19(5-7-20)17-32-11-2-3-12-32)14-29-27(33)30-15-23-21-10-13-34-25(21)9-8-24(23)28/h4-9,14,16H,2-3,10-13,15,17H2,1H3,(H,29,30). The number of rotatable bonds is 6. The highest BCUT2D eigenvalue weighted by molar-refractivity contribution is 5.78. The normalized spacial score (nSPS) is 15.6. The van der Waals surface area contributed by atoms with Gasteiger partial charge in [0, 0.05) is 48.6 Å². The maximum absolute atomic E-state index is 14.6. The zero-order chi connectivity index (χ0) is 23.1. The van der Waals surface area contributed by atoms with Gasteiger partial charge in [0.2, 0.25) is 5.95 Å². The number of halogens is 1. The topological polar surface area (TPSA) is 54.7 Å². The summed E-state index contributed by atoms with van der Waals surface area (Å²) < 4.78 is 22.1. The van der Waals surface area contributed by atoms with E-state index in [1.807, 2.05) is 23.7 Å². The molecule has 0 bridgehead atoms. The third kappa shape index (κ3) is 3.90. The number of ether oxygens (including phenoxy) is 1. The Hall–Kier alpha value is -3.45. The first-order valence-corrected chi connectivity index (χ1v) is 12.0. The number of aromatic nitrogens is 3. The monoisotopic (exact) mass is 457 g/mol. The Morgan fingerprint density at radius 3 is 2.74 bits per heavy atom. The van der Waals surface area contributed by atoms with Gasteiger partial charge in [-0.2, -0.15) is 0 Å². The average molecular weight is 458 g/mol. The molecule has 0 radical (unpaired) electrons. The van der Waals surface area contributed by atoms with Crippen LogP contribution in [0.5, 0.6) is 5.75 Å². The molecule has 6 rings (SSSR count). The van der Waals surface area contributed by atoms with E-state index in [2.05, 4.69) is 34.5 Å². The maximum Gasteiger partial charge on any atom is 0.208 e.